The summed E-state index contributed by atoms with van der Waals surface area (Å²) < 4.78 is 16.2. The van der Waals surface area contributed by atoms with E-state index in [1.807, 2.05) is 33.8 Å². The number of ether oxygens (including phenoxy) is 3. The molecule has 4 heteroatoms. The fourth-order valence-electron chi connectivity index (χ4n) is 0.952. The molecule has 0 radical (unpaired) electrons. The monoisotopic (exact) mass is 232 g/mol. The third-order valence-electron chi connectivity index (χ3n) is 1.93. The Bertz CT molecular complexity index is 182. The van der Waals surface area contributed by atoms with Crippen LogP contribution in [0.3, 0.4) is 0 Å². The molecule has 0 bridgehead atoms. The molecule has 0 heterocycles. The van der Waals surface area contributed by atoms with Gasteiger partial charge in [-0.05, 0) is 27.7 Å². The van der Waals surface area contributed by atoms with E-state index in [4.69, 9.17) is 19.3 Å². The second kappa shape index (κ2) is 9.63. The summed E-state index contributed by atoms with van der Waals surface area (Å²) in [4.78, 5) is 0. The molecule has 0 aliphatic carbocycles. The second-order valence-corrected chi connectivity index (χ2v) is 3.89. The van der Waals surface area contributed by atoms with Crippen LogP contribution in [0.5, 0.6) is 0 Å². The standard InChI is InChI=1S/C12H24O4/c1-5-6-14-11(3)8-16-12(4)9-15-10(2)7-13/h5-6,10-13H,7-9H2,1-4H3. The van der Waals surface area contributed by atoms with Crippen LogP contribution >= 0.6 is 0 Å². The lowest BCUT2D eigenvalue weighted by Crippen LogP contribution is -2.25. The molecule has 4 nitrogen and oxygen atoms in total. The topological polar surface area (TPSA) is 47.9 Å². The molecule has 0 amide bonds. The highest BCUT2D eigenvalue weighted by atomic mass is 16.6. The summed E-state index contributed by atoms with van der Waals surface area (Å²) in [6.07, 6.45) is 3.40. The van der Waals surface area contributed by atoms with Crippen molar-refractivity contribution in [1.82, 2.24) is 0 Å². The zero-order valence-corrected chi connectivity index (χ0v) is 10.7. The van der Waals surface area contributed by atoms with Crippen molar-refractivity contribution in [3.63, 3.8) is 0 Å². The largest absolute Gasteiger partial charge is 0.496 e. The molecular weight excluding hydrogens is 208 g/mol. The van der Waals surface area contributed by atoms with Crippen LogP contribution in [0.15, 0.2) is 12.3 Å². The fraction of sp³-hybridized carbons (Fsp3) is 0.833. The lowest BCUT2D eigenvalue weighted by molar-refractivity contribution is -0.0636. The number of hydrogen-bond acceptors (Lipinski definition) is 4. The van der Waals surface area contributed by atoms with Crippen LogP contribution in [0, 0.1) is 0 Å². The third-order valence-corrected chi connectivity index (χ3v) is 1.93. The van der Waals surface area contributed by atoms with Crippen molar-refractivity contribution in [2.24, 2.45) is 0 Å². The van der Waals surface area contributed by atoms with Gasteiger partial charge in [0.1, 0.15) is 6.10 Å². The average Bonchev–Trinajstić information content (AvgIpc) is 2.30. The summed E-state index contributed by atoms with van der Waals surface area (Å²) in [5.41, 5.74) is 0. The molecule has 0 aliphatic heterocycles. The Kier molecular flexibility index (Phi) is 9.28. The van der Waals surface area contributed by atoms with Gasteiger partial charge in [0.25, 0.3) is 0 Å². The fourth-order valence-corrected chi connectivity index (χ4v) is 0.952. The summed E-state index contributed by atoms with van der Waals surface area (Å²) in [7, 11) is 0. The van der Waals surface area contributed by atoms with E-state index in [-0.39, 0.29) is 24.9 Å². The minimum Gasteiger partial charge on any atom is -0.496 e. The van der Waals surface area contributed by atoms with Gasteiger partial charge in [-0.15, -0.1) is 0 Å². The predicted molar refractivity (Wildman–Crippen MR) is 63.3 cm³/mol. The molecule has 0 saturated carbocycles. The summed E-state index contributed by atoms with van der Waals surface area (Å²) in [6.45, 7) is 8.66. The Morgan fingerprint density at radius 3 is 2.12 bits per heavy atom. The van der Waals surface area contributed by atoms with Crippen LogP contribution in [-0.4, -0.2) is 43.2 Å². The van der Waals surface area contributed by atoms with Gasteiger partial charge in [-0.25, -0.2) is 0 Å². The predicted octanol–water partition coefficient (Wildman–Crippen LogP) is 1.73. The molecule has 0 aromatic heterocycles. The highest BCUT2D eigenvalue weighted by Crippen LogP contribution is 2.00. The highest BCUT2D eigenvalue weighted by molar-refractivity contribution is 4.67. The van der Waals surface area contributed by atoms with Gasteiger partial charge in [0.05, 0.1) is 38.3 Å². The quantitative estimate of drug-likeness (QED) is 0.615. The average molecular weight is 232 g/mol. The number of allylic oxidation sites excluding steroid dienone is 1. The van der Waals surface area contributed by atoms with Crippen molar-refractivity contribution in [3.05, 3.63) is 12.3 Å². The zero-order valence-electron chi connectivity index (χ0n) is 10.7. The van der Waals surface area contributed by atoms with Gasteiger partial charge in [0.2, 0.25) is 0 Å². The maximum atomic E-state index is 8.77. The maximum absolute atomic E-state index is 8.77. The van der Waals surface area contributed by atoms with E-state index in [1.54, 1.807) is 6.26 Å². The first kappa shape index (κ1) is 15.4. The summed E-state index contributed by atoms with van der Waals surface area (Å²) in [5, 5.41) is 8.77. The summed E-state index contributed by atoms with van der Waals surface area (Å²) in [5.74, 6) is 0. The molecule has 0 fully saturated rings. The van der Waals surface area contributed by atoms with Gasteiger partial charge in [0, 0.05) is 0 Å². The van der Waals surface area contributed by atoms with Crippen molar-refractivity contribution in [2.75, 3.05) is 19.8 Å². The number of hydrogen-bond donors (Lipinski definition) is 1. The Labute approximate surface area is 98.2 Å². The molecular formula is C12H24O4. The van der Waals surface area contributed by atoms with Crippen molar-refractivity contribution < 1.29 is 19.3 Å². The molecule has 3 atom stereocenters. The third kappa shape index (κ3) is 8.71. The first-order chi connectivity index (χ1) is 7.60. The van der Waals surface area contributed by atoms with E-state index in [1.165, 1.54) is 0 Å². The molecule has 16 heavy (non-hydrogen) atoms. The number of aliphatic hydroxyl groups excluding tert-OH is 1. The van der Waals surface area contributed by atoms with E-state index < -0.39 is 0 Å². The van der Waals surface area contributed by atoms with Gasteiger partial charge in [0.15, 0.2) is 0 Å². The van der Waals surface area contributed by atoms with E-state index in [9.17, 15) is 0 Å². The highest BCUT2D eigenvalue weighted by Gasteiger charge is 2.08. The Hall–Kier alpha value is -0.580. The second-order valence-electron chi connectivity index (χ2n) is 3.89. The maximum Gasteiger partial charge on any atom is 0.118 e. The molecule has 0 aromatic rings. The Balaban J connectivity index is 3.52. The van der Waals surface area contributed by atoms with Gasteiger partial charge in [-0.3, -0.25) is 0 Å². The van der Waals surface area contributed by atoms with Gasteiger partial charge < -0.3 is 19.3 Å². The Morgan fingerprint density at radius 2 is 1.56 bits per heavy atom. The molecule has 0 saturated heterocycles. The Morgan fingerprint density at radius 1 is 1.00 bits per heavy atom. The van der Waals surface area contributed by atoms with Crippen molar-refractivity contribution in [2.45, 2.75) is 46.0 Å². The minimum absolute atomic E-state index is 0.00524. The SMILES string of the molecule is CC=COC(C)COC(C)COC(C)CO. The first-order valence-electron chi connectivity index (χ1n) is 5.70. The van der Waals surface area contributed by atoms with Gasteiger partial charge >= 0.3 is 0 Å². The molecule has 1 N–H and O–H groups in total. The van der Waals surface area contributed by atoms with E-state index in [0.717, 1.165) is 0 Å². The van der Waals surface area contributed by atoms with Crippen molar-refractivity contribution in [1.29, 1.82) is 0 Å². The van der Waals surface area contributed by atoms with Crippen LogP contribution in [0.1, 0.15) is 27.7 Å². The van der Waals surface area contributed by atoms with Crippen LogP contribution in [-0.2, 0) is 14.2 Å². The summed E-state index contributed by atoms with van der Waals surface area (Å²) >= 11 is 0. The van der Waals surface area contributed by atoms with E-state index >= 15 is 0 Å². The summed E-state index contributed by atoms with van der Waals surface area (Å²) in [6, 6.07) is 0. The molecule has 0 spiro atoms. The van der Waals surface area contributed by atoms with Crippen LogP contribution in [0.2, 0.25) is 0 Å². The molecule has 0 aromatic carbocycles. The minimum atomic E-state index is -0.136. The van der Waals surface area contributed by atoms with Crippen molar-refractivity contribution >= 4 is 0 Å². The lowest BCUT2D eigenvalue weighted by Gasteiger charge is -2.18. The lowest BCUT2D eigenvalue weighted by atomic mass is 10.4. The zero-order chi connectivity index (χ0) is 12.4. The van der Waals surface area contributed by atoms with Crippen LogP contribution < -0.4 is 0 Å². The molecule has 96 valence electrons. The number of aliphatic hydroxyl groups is 1. The van der Waals surface area contributed by atoms with Gasteiger partial charge in [-0.2, -0.15) is 0 Å². The molecule has 0 rings (SSSR count). The normalized spacial score (nSPS) is 17.3. The van der Waals surface area contributed by atoms with Crippen LogP contribution in [0.4, 0.5) is 0 Å². The van der Waals surface area contributed by atoms with E-state index in [0.29, 0.717) is 13.2 Å². The number of rotatable bonds is 9. The van der Waals surface area contributed by atoms with E-state index in [2.05, 4.69) is 0 Å². The smallest absolute Gasteiger partial charge is 0.118 e. The molecule has 3 unspecified atom stereocenters. The molecule has 0 aliphatic rings. The first-order valence-corrected chi connectivity index (χ1v) is 5.70. The van der Waals surface area contributed by atoms with Crippen LogP contribution in [0.25, 0.3) is 0 Å². The van der Waals surface area contributed by atoms with Crippen molar-refractivity contribution in [3.8, 4) is 0 Å². The van der Waals surface area contributed by atoms with Gasteiger partial charge in [-0.1, -0.05) is 6.08 Å².